The number of hydrogen-bond donors (Lipinski definition) is 2. The quantitative estimate of drug-likeness (QED) is 0.544. The van der Waals surface area contributed by atoms with E-state index in [1.54, 1.807) is 0 Å². The maximum Gasteiger partial charge on any atom is 0.488 e. The van der Waals surface area contributed by atoms with Gasteiger partial charge in [0.15, 0.2) is 5.41 Å². The van der Waals surface area contributed by atoms with E-state index in [1.807, 2.05) is 12.1 Å². The standard InChI is InChI=1S/C8H7BN2O2/c10-5-8(6-11)3-1-7(2-4-8)9(12)13/h1-3,12-13H,4H2. The maximum atomic E-state index is 8.76. The molecule has 0 saturated carbocycles. The van der Waals surface area contributed by atoms with Gasteiger partial charge in [0, 0.05) is 6.42 Å². The highest BCUT2D eigenvalue weighted by atomic mass is 16.4. The van der Waals surface area contributed by atoms with E-state index in [0.717, 1.165) is 0 Å². The van der Waals surface area contributed by atoms with Gasteiger partial charge in [0.2, 0.25) is 0 Å². The molecule has 0 bridgehead atoms. The van der Waals surface area contributed by atoms with E-state index in [-0.39, 0.29) is 6.42 Å². The maximum absolute atomic E-state index is 8.76. The Kier molecular flexibility index (Phi) is 2.53. The average Bonchev–Trinajstić information content (AvgIpc) is 2.18. The summed E-state index contributed by atoms with van der Waals surface area (Å²) in [6.07, 6.45) is 4.46. The van der Waals surface area contributed by atoms with Crippen molar-refractivity contribution in [1.82, 2.24) is 0 Å². The van der Waals surface area contributed by atoms with Gasteiger partial charge in [-0.3, -0.25) is 0 Å². The van der Waals surface area contributed by atoms with Gasteiger partial charge in [-0.25, -0.2) is 0 Å². The van der Waals surface area contributed by atoms with Crippen LogP contribution in [-0.2, 0) is 0 Å². The van der Waals surface area contributed by atoms with Crippen LogP contribution in [0.3, 0.4) is 0 Å². The predicted octanol–water partition coefficient (Wildman–Crippen LogP) is -0.0817. The lowest BCUT2D eigenvalue weighted by atomic mass is 9.72. The summed E-state index contributed by atoms with van der Waals surface area (Å²) < 4.78 is 0. The summed E-state index contributed by atoms with van der Waals surface area (Å²) >= 11 is 0. The molecule has 13 heavy (non-hydrogen) atoms. The van der Waals surface area contributed by atoms with E-state index in [9.17, 15) is 0 Å². The molecule has 4 nitrogen and oxygen atoms in total. The molecular formula is C8H7BN2O2. The number of nitrogens with zero attached hydrogens (tertiary/aromatic N) is 2. The molecule has 2 N–H and O–H groups in total. The molecule has 5 heteroatoms. The van der Waals surface area contributed by atoms with Crippen molar-refractivity contribution in [2.45, 2.75) is 6.42 Å². The van der Waals surface area contributed by atoms with Crippen molar-refractivity contribution < 1.29 is 10.0 Å². The second kappa shape index (κ2) is 3.45. The van der Waals surface area contributed by atoms with E-state index in [1.165, 1.54) is 18.2 Å². The molecule has 0 aromatic heterocycles. The lowest BCUT2D eigenvalue weighted by molar-refractivity contribution is 0.419. The zero-order valence-electron chi connectivity index (χ0n) is 6.81. The van der Waals surface area contributed by atoms with Gasteiger partial charge in [-0.05, 0) is 5.47 Å². The van der Waals surface area contributed by atoms with Crippen molar-refractivity contribution in [1.29, 1.82) is 10.5 Å². The van der Waals surface area contributed by atoms with Gasteiger partial charge in [-0.15, -0.1) is 0 Å². The van der Waals surface area contributed by atoms with Gasteiger partial charge in [0.1, 0.15) is 0 Å². The molecule has 0 aromatic rings. The van der Waals surface area contributed by atoms with Crippen LogP contribution in [0.4, 0.5) is 0 Å². The summed E-state index contributed by atoms with van der Waals surface area (Å²) in [7, 11) is -1.54. The second-order valence-electron chi connectivity index (χ2n) is 2.81. The van der Waals surface area contributed by atoms with E-state index < -0.39 is 12.5 Å². The molecule has 0 aromatic carbocycles. The first-order valence-corrected chi connectivity index (χ1v) is 3.71. The van der Waals surface area contributed by atoms with Crippen LogP contribution in [0.15, 0.2) is 23.7 Å². The van der Waals surface area contributed by atoms with E-state index >= 15 is 0 Å². The molecule has 0 heterocycles. The summed E-state index contributed by atoms with van der Waals surface area (Å²) in [5.74, 6) is 0. The number of nitriles is 2. The number of hydrogen-bond acceptors (Lipinski definition) is 4. The van der Waals surface area contributed by atoms with Crippen molar-refractivity contribution in [2.75, 3.05) is 0 Å². The smallest absolute Gasteiger partial charge is 0.423 e. The monoisotopic (exact) mass is 174 g/mol. The topological polar surface area (TPSA) is 88.0 Å². The minimum atomic E-state index is -1.54. The normalized spacial score (nSPS) is 18.3. The van der Waals surface area contributed by atoms with Crippen molar-refractivity contribution in [2.24, 2.45) is 5.41 Å². The van der Waals surface area contributed by atoms with E-state index in [2.05, 4.69) is 0 Å². The highest BCUT2D eigenvalue weighted by molar-refractivity contribution is 6.51. The Hall–Kier alpha value is -1.56. The zero-order valence-corrected chi connectivity index (χ0v) is 6.81. The van der Waals surface area contributed by atoms with Crippen LogP contribution in [0.1, 0.15) is 6.42 Å². The molecule has 0 radical (unpaired) electrons. The molecule has 0 aliphatic heterocycles. The highest BCUT2D eigenvalue weighted by Crippen LogP contribution is 2.28. The molecule has 1 rings (SSSR count). The lowest BCUT2D eigenvalue weighted by Crippen LogP contribution is -2.20. The van der Waals surface area contributed by atoms with Gasteiger partial charge < -0.3 is 10.0 Å². The summed E-state index contributed by atoms with van der Waals surface area (Å²) in [5.41, 5.74) is -0.820. The van der Waals surface area contributed by atoms with Crippen molar-refractivity contribution in [3.63, 3.8) is 0 Å². The SMILES string of the molecule is N#CC1(C#N)C=CC(B(O)O)=CC1. The fourth-order valence-corrected chi connectivity index (χ4v) is 1.04. The van der Waals surface area contributed by atoms with E-state index in [4.69, 9.17) is 20.6 Å². The third kappa shape index (κ3) is 1.78. The van der Waals surface area contributed by atoms with Crippen molar-refractivity contribution in [3.8, 4) is 12.1 Å². The Balaban J connectivity index is 2.87. The Morgan fingerprint density at radius 2 is 2.00 bits per heavy atom. The molecule has 0 fully saturated rings. The third-order valence-corrected chi connectivity index (χ3v) is 1.92. The van der Waals surface area contributed by atoms with Crippen molar-refractivity contribution in [3.05, 3.63) is 23.7 Å². The van der Waals surface area contributed by atoms with Crippen LogP contribution in [0, 0.1) is 28.1 Å². The van der Waals surface area contributed by atoms with Crippen LogP contribution in [0.2, 0.25) is 0 Å². The molecule has 0 unspecified atom stereocenters. The van der Waals surface area contributed by atoms with Gasteiger partial charge in [-0.1, -0.05) is 18.2 Å². The lowest BCUT2D eigenvalue weighted by Gasteiger charge is -2.16. The highest BCUT2D eigenvalue weighted by Gasteiger charge is 2.29. The van der Waals surface area contributed by atoms with Crippen LogP contribution < -0.4 is 0 Å². The molecule has 0 atom stereocenters. The average molecular weight is 174 g/mol. The molecular weight excluding hydrogens is 167 g/mol. The fraction of sp³-hybridized carbons (Fsp3) is 0.250. The Bertz CT molecular complexity index is 332. The molecule has 0 spiro atoms. The van der Waals surface area contributed by atoms with Crippen LogP contribution in [-0.4, -0.2) is 17.2 Å². The molecule has 1 aliphatic carbocycles. The summed E-state index contributed by atoms with van der Waals surface area (Å²) in [5, 5.41) is 34.9. The number of allylic oxidation sites excluding steroid dienone is 4. The molecule has 1 aliphatic rings. The number of rotatable bonds is 1. The third-order valence-electron chi connectivity index (χ3n) is 1.92. The van der Waals surface area contributed by atoms with E-state index in [0.29, 0.717) is 5.47 Å². The van der Waals surface area contributed by atoms with Crippen molar-refractivity contribution >= 4 is 7.12 Å². The molecule has 0 saturated heterocycles. The first kappa shape index (κ1) is 9.53. The largest absolute Gasteiger partial charge is 0.488 e. The first-order chi connectivity index (χ1) is 6.13. The predicted molar refractivity (Wildman–Crippen MR) is 45.7 cm³/mol. The minimum absolute atomic E-state index is 0.198. The zero-order chi connectivity index (χ0) is 9.90. The van der Waals surface area contributed by atoms with Gasteiger partial charge in [-0.2, -0.15) is 10.5 Å². The summed E-state index contributed by atoms with van der Waals surface area (Å²) in [4.78, 5) is 0. The molecule has 0 amide bonds. The van der Waals surface area contributed by atoms with Gasteiger partial charge in [0.05, 0.1) is 12.1 Å². The second-order valence-corrected chi connectivity index (χ2v) is 2.81. The Morgan fingerprint density at radius 3 is 2.31 bits per heavy atom. The Morgan fingerprint density at radius 1 is 1.38 bits per heavy atom. The van der Waals surface area contributed by atoms with Gasteiger partial charge in [0.25, 0.3) is 0 Å². The minimum Gasteiger partial charge on any atom is -0.423 e. The van der Waals surface area contributed by atoms with Crippen LogP contribution in [0.5, 0.6) is 0 Å². The first-order valence-electron chi connectivity index (χ1n) is 3.71. The van der Waals surface area contributed by atoms with Crippen LogP contribution >= 0.6 is 0 Å². The summed E-state index contributed by atoms with van der Waals surface area (Å²) in [6, 6.07) is 3.74. The van der Waals surface area contributed by atoms with Gasteiger partial charge >= 0.3 is 7.12 Å². The van der Waals surface area contributed by atoms with Crippen LogP contribution in [0.25, 0.3) is 0 Å². The fourth-order valence-electron chi connectivity index (χ4n) is 1.04. The summed E-state index contributed by atoms with van der Waals surface area (Å²) in [6.45, 7) is 0. The Labute approximate surface area is 76.2 Å². The molecule has 64 valence electrons.